The molecule has 26 heavy (non-hydrogen) atoms. The molecule has 3 aromatic rings. The summed E-state index contributed by atoms with van der Waals surface area (Å²) in [5, 5.41) is 7.49. The number of benzene rings is 2. The van der Waals surface area contributed by atoms with Crippen molar-refractivity contribution in [1.29, 1.82) is 0 Å². The van der Waals surface area contributed by atoms with Gasteiger partial charge in [-0.25, -0.2) is 4.68 Å². The molecule has 0 fully saturated rings. The molecule has 1 N–H and O–H groups in total. The van der Waals surface area contributed by atoms with Crippen molar-refractivity contribution in [1.82, 2.24) is 9.78 Å². The fourth-order valence-electron chi connectivity index (χ4n) is 3.38. The van der Waals surface area contributed by atoms with Crippen LogP contribution in [0.4, 0.5) is 5.69 Å². The zero-order valence-corrected chi connectivity index (χ0v) is 14.5. The van der Waals surface area contributed by atoms with E-state index in [0.29, 0.717) is 16.9 Å². The van der Waals surface area contributed by atoms with Crippen molar-refractivity contribution < 1.29 is 9.59 Å². The maximum atomic E-state index is 12.8. The first kappa shape index (κ1) is 16.3. The predicted octanol–water partition coefficient (Wildman–Crippen LogP) is 3.82. The van der Waals surface area contributed by atoms with E-state index in [1.165, 1.54) is 6.92 Å². The molecule has 130 valence electrons. The normalized spacial score (nSPS) is 12.7. The second kappa shape index (κ2) is 6.59. The highest BCUT2D eigenvalue weighted by Crippen LogP contribution is 2.28. The summed E-state index contributed by atoms with van der Waals surface area (Å²) in [6.07, 6.45) is 2.83. The lowest BCUT2D eigenvalue weighted by atomic mass is 10.1. The van der Waals surface area contributed by atoms with Gasteiger partial charge in [0.25, 0.3) is 5.91 Å². The molecule has 1 heterocycles. The molecular weight excluding hydrogens is 326 g/mol. The molecule has 0 saturated heterocycles. The highest BCUT2D eigenvalue weighted by atomic mass is 16.2. The number of nitrogens with one attached hydrogen (secondary N) is 1. The SMILES string of the molecule is CC(=O)c1ccc(NC(=O)c2nn(-c3ccccc3)c3c2CCC3)cc1. The number of aromatic nitrogens is 2. The third-order valence-electron chi connectivity index (χ3n) is 4.70. The van der Waals surface area contributed by atoms with Crippen molar-refractivity contribution in [3.05, 3.63) is 77.1 Å². The van der Waals surface area contributed by atoms with Gasteiger partial charge in [-0.1, -0.05) is 18.2 Å². The number of carbonyl (C=O) groups excluding carboxylic acids is 2. The quantitative estimate of drug-likeness (QED) is 0.731. The van der Waals surface area contributed by atoms with Crippen molar-refractivity contribution >= 4 is 17.4 Å². The molecule has 2 aromatic carbocycles. The maximum Gasteiger partial charge on any atom is 0.276 e. The number of fused-ring (bicyclic) bond motifs is 1. The Bertz CT molecular complexity index is 972. The molecular formula is C21H19N3O2. The molecule has 1 aromatic heterocycles. The van der Waals surface area contributed by atoms with Crippen LogP contribution in [0.15, 0.2) is 54.6 Å². The number of rotatable bonds is 4. The average Bonchev–Trinajstić information content (AvgIpc) is 3.25. The Morgan fingerprint density at radius 2 is 1.73 bits per heavy atom. The van der Waals surface area contributed by atoms with Crippen molar-refractivity contribution in [3.63, 3.8) is 0 Å². The predicted molar refractivity (Wildman–Crippen MR) is 100.0 cm³/mol. The first-order valence-electron chi connectivity index (χ1n) is 8.72. The molecule has 5 heteroatoms. The molecule has 0 unspecified atom stereocenters. The summed E-state index contributed by atoms with van der Waals surface area (Å²) >= 11 is 0. The molecule has 0 atom stereocenters. The van der Waals surface area contributed by atoms with Crippen LogP contribution in [0.3, 0.4) is 0 Å². The Hall–Kier alpha value is -3.21. The van der Waals surface area contributed by atoms with Crippen LogP contribution < -0.4 is 5.32 Å². The minimum atomic E-state index is -0.214. The molecule has 4 rings (SSSR count). The fraction of sp³-hybridized carbons (Fsp3) is 0.190. The molecule has 1 aliphatic carbocycles. The standard InChI is InChI=1S/C21H19N3O2/c1-14(25)15-10-12-16(13-11-15)22-21(26)20-18-8-5-9-19(18)24(23-20)17-6-3-2-4-7-17/h2-4,6-7,10-13H,5,8-9H2,1H3,(H,22,26). The van der Waals surface area contributed by atoms with Gasteiger partial charge in [0.2, 0.25) is 0 Å². The van der Waals surface area contributed by atoms with Crippen LogP contribution in [0, 0.1) is 0 Å². The van der Waals surface area contributed by atoms with Crippen molar-refractivity contribution in [2.75, 3.05) is 5.32 Å². The van der Waals surface area contributed by atoms with Crippen LogP contribution in [0.5, 0.6) is 0 Å². The number of carbonyl (C=O) groups is 2. The van der Waals surface area contributed by atoms with Gasteiger partial charge in [0.05, 0.1) is 5.69 Å². The number of nitrogens with zero attached hydrogens (tertiary/aromatic N) is 2. The summed E-state index contributed by atoms with van der Waals surface area (Å²) in [4.78, 5) is 24.1. The molecule has 0 spiro atoms. The second-order valence-corrected chi connectivity index (χ2v) is 6.46. The molecule has 0 radical (unpaired) electrons. The smallest absolute Gasteiger partial charge is 0.276 e. The first-order chi connectivity index (χ1) is 12.6. The highest BCUT2D eigenvalue weighted by Gasteiger charge is 2.26. The van der Waals surface area contributed by atoms with Gasteiger partial charge in [-0.2, -0.15) is 5.10 Å². The Morgan fingerprint density at radius 3 is 2.42 bits per heavy atom. The zero-order valence-electron chi connectivity index (χ0n) is 14.5. The van der Waals surface area contributed by atoms with Gasteiger partial charge in [-0.15, -0.1) is 0 Å². The Balaban J connectivity index is 1.63. The second-order valence-electron chi connectivity index (χ2n) is 6.46. The number of hydrogen-bond acceptors (Lipinski definition) is 3. The van der Waals surface area contributed by atoms with Crippen LogP contribution in [0.25, 0.3) is 5.69 Å². The van der Waals surface area contributed by atoms with Crippen LogP contribution in [-0.2, 0) is 12.8 Å². The van der Waals surface area contributed by atoms with Crippen molar-refractivity contribution in [3.8, 4) is 5.69 Å². The lowest BCUT2D eigenvalue weighted by Gasteiger charge is -2.06. The Morgan fingerprint density at radius 1 is 1.00 bits per heavy atom. The van der Waals surface area contributed by atoms with Crippen molar-refractivity contribution in [2.24, 2.45) is 0 Å². The topological polar surface area (TPSA) is 64.0 Å². The summed E-state index contributed by atoms with van der Waals surface area (Å²) in [7, 11) is 0. The van der Waals surface area contributed by atoms with Crippen LogP contribution in [-0.4, -0.2) is 21.5 Å². The van der Waals surface area contributed by atoms with Crippen LogP contribution in [0.1, 0.15) is 45.4 Å². The summed E-state index contributed by atoms with van der Waals surface area (Å²) in [6, 6.07) is 16.8. The third kappa shape index (κ3) is 2.92. The van der Waals surface area contributed by atoms with E-state index < -0.39 is 0 Å². The minimum Gasteiger partial charge on any atom is -0.321 e. The minimum absolute atomic E-state index is 0.00213. The van der Waals surface area contributed by atoms with E-state index in [0.717, 1.165) is 36.2 Å². The summed E-state index contributed by atoms with van der Waals surface area (Å²) in [5.74, 6) is -0.212. The largest absolute Gasteiger partial charge is 0.321 e. The lowest BCUT2D eigenvalue weighted by molar-refractivity contribution is 0.101. The van der Waals surface area contributed by atoms with Crippen LogP contribution >= 0.6 is 0 Å². The van der Waals surface area contributed by atoms with E-state index in [-0.39, 0.29) is 11.7 Å². The summed E-state index contributed by atoms with van der Waals surface area (Å²) in [5.41, 5.74) is 4.88. The molecule has 0 saturated carbocycles. The number of hydrogen-bond donors (Lipinski definition) is 1. The van der Waals surface area contributed by atoms with Gasteiger partial charge in [-0.3, -0.25) is 9.59 Å². The fourth-order valence-corrected chi connectivity index (χ4v) is 3.38. The number of Topliss-reactive ketones (excluding diaryl/α,β-unsaturated/α-hetero) is 1. The van der Waals surface area contributed by atoms with Gasteiger partial charge >= 0.3 is 0 Å². The average molecular weight is 345 g/mol. The monoisotopic (exact) mass is 345 g/mol. The Kier molecular flexibility index (Phi) is 4.13. The maximum absolute atomic E-state index is 12.8. The van der Waals surface area contributed by atoms with E-state index in [1.54, 1.807) is 24.3 Å². The van der Waals surface area contributed by atoms with Gasteiger partial charge in [0, 0.05) is 22.5 Å². The third-order valence-corrected chi connectivity index (χ3v) is 4.70. The van der Waals surface area contributed by atoms with Gasteiger partial charge < -0.3 is 5.32 Å². The molecule has 1 amide bonds. The molecule has 5 nitrogen and oxygen atoms in total. The van der Waals surface area contributed by atoms with Gasteiger partial charge in [0.15, 0.2) is 11.5 Å². The van der Waals surface area contributed by atoms with E-state index in [1.807, 2.05) is 35.0 Å². The van der Waals surface area contributed by atoms with Crippen LogP contribution in [0.2, 0.25) is 0 Å². The zero-order chi connectivity index (χ0) is 18.1. The van der Waals surface area contributed by atoms with E-state index in [9.17, 15) is 9.59 Å². The van der Waals surface area contributed by atoms with E-state index >= 15 is 0 Å². The number of ketones is 1. The summed E-state index contributed by atoms with van der Waals surface area (Å²) in [6.45, 7) is 1.52. The van der Waals surface area contributed by atoms with Gasteiger partial charge in [-0.05, 0) is 62.6 Å². The number of anilines is 1. The molecule has 0 bridgehead atoms. The Labute approximate surface area is 151 Å². The number of para-hydroxylation sites is 1. The molecule has 0 aliphatic heterocycles. The first-order valence-corrected chi connectivity index (χ1v) is 8.72. The van der Waals surface area contributed by atoms with Crippen molar-refractivity contribution in [2.45, 2.75) is 26.2 Å². The van der Waals surface area contributed by atoms with Gasteiger partial charge in [0.1, 0.15) is 0 Å². The number of amides is 1. The molecule has 1 aliphatic rings. The lowest BCUT2D eigenvalue weighted by Crippen LogP contribution is -2.15. The van der Waals surface area contributed by atoms with E-state index in [4.69, 9.17) is 0 Å². The van der Waals surface area contributed by atoms with E-state index in [2.05, 4.69) is 10.4 Å². The highest BCUT2D eigenvalue weighted by molar-refractivity contribution is 6.04. The summed E-state index contributed by atoms with van der Waals surface area (Å²) < 4.78 is 1.89.